The first kappa shape index (κ1) is 20.9. The van der Waals surface area contributed by atoms with Crippen LogP contribution in [0.4, 0.5) is 14.9 Å². The van der Waals surface area contributed by atoms with Crippen molar-refractivity contribution in [3.8, 4) is 27.7 Å². The number of benzene rings is 2. The molecule has 3 aromatic rings. The van der Waals surface area contributed by atoms with Gasteiger partial charge in [0.25, 0.3) is 0 Å². The van der Waals surface area contributed by atoms with Gasteiger partial charge in [0, 0.05) is 36.4 Å². The van der Waals surface area contributed by atoms with E-state index in [0.717, 1.165) is 30.2 Å². The molecule has 4 rings (SSSR count). The summed E-state index contributed by atoms with van der Waals surface area (Å²) in [6.07, 6.45) is 2.05. The molecule has 0 unspecified atom stereocenters. The zero-order chi connectivity index (χ0) is 21.8. The monoisotopic (exact) mass is 440 g/mol. The molecule has 9 heteroatoms. The second kappa shape index (κ2) is 9.22. The SMILES string of the molecule is CCNC(=O)Oc1c(F)cc(-c2nc(-c3ccc(N4CCCC4)cc3)ns2)cc1C=O. The van der Waals surface area contributed by atoms with E-state index in [1.54, 1.807) is 6.92 Å². The topological polar surface area (TPSA) is 84.4 Å². The summed E-state index contributed by atoms with van der Waals surface area (Å²) in [6, 6.07) is 10.7. The van der Waals surface area contributed by atoms with E-state index in [4.69, 9.17) is 4.74 Å². The predicted molar refractivity (Wildman–Crippen MR) is 117 cm³/mol. The Kier molecular flexibility index (Phi) is 6.22. The minimum absolute atomic E-state index is 0.0760. The number of nitrogens with one attached hydrogen (secondary N) is 1. The Morgan fingerprint density at radius 3 is 2.65 bits per heavy atom. The molecule has 160 valence electrons. The fourth-order valence-electron chi connectivity index (χ4n) is 3.46. The van der Waals surface area contributed by atoms with Crippen molar-refractivity contribution in [3.05, 3.63) is 47.8 Å². The van der Waals surface area contributed by atoms with Crippen LogP contribution in [0.5, 0.6) is 5.75 Å². The molecule has 0 saturated carbocycles. The zero-order valence-electron chi connectivity index (χ0n) is 16.9. The maximum absolute atomic E-state index is 14.6. The van der Waals surface area contributed by atoms with Gasteiger partial charge in [-0.1, -0.05) is 0 Å². The first-order valence-corrected chi connectivity index (χ1v) is 10.8. The van der Waals surface area contributed by atoms with E-state index in [0.29, 0.717) is 29.2 Å². The lowest BCUT2D eigenvalue weighted by Crippen LogP contribution is -2.27. The summed E-state index contributed by atoms with van der Waals surface area (Å²) in [4.78, 5) is 29.9. The Bertz CT molecular complexity index is 1090. The molecule has 0 spiro atoms. The summed E-state index contributed by atoms with van der Waals surface area (Å²) >= 11 is 1.11. The largest absolute Gasteiger partial charge is 0.412 e. The van der Waals surface area contributed by atoms with E-state index in [9.17, 15) is 14.0 Å². The molecule has 7 nitrogen and oxygen atoms in total. The van der Waals surface area contributed by atoms with Crippen molar-refractivity contribution in [1.82, 2.24) is 14.7 Å². The zero-order valence-corrected chi connectivity index (χ0v) is 17.7. The van der Waals surface area contributed by atoms with Gasteiger partial charge in [-0.2, -0.15) is 4.37 Å². The molecule has 0 radical (unpaired) electrons. The number of halogens is 1. The van der Waals surface area contributed by atoms with Crippen LogP contribution in [0.3, 0.4) is 0 Å². The lowest BCUT2D eigenvalue weighted by atomic mass is 10.1. The molecule has 1 aliphatic rings. The van der Waals surface area contributed by atoms with Crippen molar-refractivity contribution in [2.45, 2.75) is 19.8 Å². The first-order chi connectivity index (χ1) is 15.1. The number of amides is 1. The molecule has 1 saturated heterocycles. The molecule has 0 atom stereocenters. The highest BCUT2D eigenvalue weighted by Crippen LogP contribution is 2.32. The van der Waals surface area contributed by atoms with Gasteiger partial charge in [-0.3, -0.25) is 4.79 Å². The van der Waals surface area contributed by atoms with Crippen LogP contribution in [0.15, 0.2) is 36.4 Å². The Labute approximate surface area is 183 Å². The molecular formula is C22H21FN4O3S. The smallest absolute Gasteiger partial charge is 0.406 e. The van der Waals surface area contributed by atoms with Crippen molar-refractivity contribution >= 4 is 29.6 Å². The molecule has 1 N–H and O–H groups in total. The number of aromatic nitrogens is 2. The third-order valence-electron chi connectivity index (χ3n) is 4.98. The van der Waals surface area contributed by atoms with Gasteiger partial charge in [0.15, 0.2) is 23.7 Å². The van der Waals surface area contributed by atoms with E-state index in [1.165, 1.54) is 30.7 Å². The Hall–Kier alpha value is -3.33. The van der Waals surface area contributed by atoms with Gasteiger partial charge in [0.05, 0.1) is 5.56 Å². The molecule has 1 fully saturated rings. The van der Waals surface area contributed by atoms with Gasteiger partial charge in [-0.15, -0.1) is 0 Å². The first-order valence-electron chi connectivity index (χ1n) is 10.0. The molecule has 1 aliphatic heterocycles. The van der Waals surface area contributed by atoms with Crippen LogP contribution in [0.1, 0.15) is 30.1 Å². The molecule has 1 amide bonds. The number of rotatable bonds is 6. The van der Waals surface area contributed by atoms with Crippen LogP contribution in [0.2, 0.25) is 0 Å². The summed E-state index contributed by atoms with van der Waals surface area (Å²) < 4.78 is 23.9. The number of carbonyl (C=O) groups is 2. The van der Waals surface area contributed by atoms with Crippen LogP contribution in [0, 0.1) is 5.82 Å². The highest BCUT2D eigenvalue weighted by molar-refractivity contribution is 7.09. The number of carbonyl (C=O) groups excluding carboxylic acids is 2. The van der Waals surface area contributed by atoms with Crippen LogP contribution in [-0.4, -0.2) is 41.4 Å². The van der Waals surface area contributed by atoms with Crippen LogP contribution in [0.25, 0.3) is 22.0 Å². The fraction of sp³-hybridized carbons (Fsp3) is 0.273. The number of hydrogen-bond donors (Lipinski definition) is 1. The maximum atomic E-state index is 14.6. The molecule has 1 aromatic heterocycles. The molecular weight excluding hydrogens is 419 g/mol. The van der Waals surface area contributed by atoms with Crippen molar-refractivity contribution in [1.29, 1.82) is 0 Å². The standard InChI is InChI=1S/C22H21FN4O3S/c1-2-24-22(29)30-19-16(13-28)11-15(12-18(19)23)21-25-20(26-31-21)14-5-7-17(8-6-14)27-9-3-4-10-27/h5-8,11-13H,2-4,9-10H2,1H3,(H,24,29). The molecule has 0 bridgehead atoms. The lowest BCUT2D eigenvalue weighted by molar-refractivity contribution is 0.112. The van der Waals surface area contributed by atoms with Crippen molar-refractivity contribution in [2.75, 3.05) is 24.5 Å². The second-order valence-electron chi connectivity index (χ2n) is 7.08. The van der Waals surface area contributed by atoms with Gasteiger partial charge in [0.1, 0.15) is 5.01 Å². The van der Waals surface area contributed by atoms with Gasteiger partial charge in [-0.25, -0.2) is 14.2 Å². The van der Waals surface area contributed by atoms with Gasteiger partial charge >= 0.3 is 6.09 Å². The van der Waals surface area contributed by atoms with Gasteiger partial charge in [0.2, 0.25) is 0 Å². The van der Waals surface area contributed by atoms with E-state index in [1.807, 2.05) is 12.1 Å². The summed E-state index contributed by atoms with van der Waals surface area (Å²) in [5.74, 6) is -0.701. The quantitative estimate of drug-likeness (QED) is 0.567. The minimum atomic E-state index is -0.826. The fourth-order valence-corrected chi connectivity index (χ4v) is 4.13. The summed E-state index contributed by atoms with van der Waals surface area (Å²) in [7, 11) is 0. The Morgan fingerprint density at radius 2 is 1.97 bits per heavy atom. The number of aldehydes is 1. The van der Waals surface area contributed by atoms with Gasteiger partial charge in [-0.05, 0) is 67.7 Å². The molecule has 31 heavy (non-hydrogen) atoms. The minimum Gasteiger partial charge on any atom is -0.406 e. The number of anilines is 1. The normalized spacial score (nSPS) is 13.3. The molecule has 2 aromatic carbocycles. The number of nitrogens with zero attached hydrogens (tertiary/aromatic N) is 3. The third kappa shape index (κ3) is 4.56. The van der Waals surface area contributed by atoms with Crippen LogP contribution >= 0.6 is 11.5 Å². The number of hydrogen-bond acceptors (Lipinski definition) is 7. The predicted octanol–water partition coefficient (Wildman–Crippen LogP) is 4.53. The second-order valence-corrected chi connectivity index (χ2v) is 7.83. The summed E-state index contributed by atoms with van der Waals surface area (Å²) in [6.45, 7) is 4.17. The molecule has 0 aliphatic carbocycles. The van der Waals surface area contributed by atoms with Crippen molar-refractivity contribution in [2.24, 2.45) is 0 Å². The van der Waals surface area contributed by atoms with E-state index in [-0.39, 0.29) is 5.56 Å². The highest BCUT2D eigenvalue weighted by Gasteiger charge is 2.19. The summed E-state index contributed by atoms with van der Waals surface area (Å²) in [5, 5.41) is 2.86. The lowest BCUT2D eigenvalue weighted by Gasteiger charge is -2.17. The van der Waals surface area contributed by atoms with Crippen LogP contribution in [-0.2, 0) is 0 Å². The van der Waals surface area contributed by atoms with E-state index >= 15 is 0 Å². The number of ether oxygens (including phenoxy) is 1. The molecule has 2 heterocycles. The van der Waals surface area contributed by atoms with Gasteiger partial charge < -0.3 is 15.0 Å². The average Bonchev–Trinajstić information content (AvgIpc) is 3.48. The van der Waals surface area contributed by atoms with Crippen molar-refractivity contribution < 1.29 is 18.7 Å². The van der Waals surface area contributed by atoms with E-state index < -0.39 is 17.7 Å². The van der Waals surface area contributed by atoms with E-state index in [2.05, 4.69) is 31.7 Å². The maximum Gasteiger partial charge on any atom is 0.412 e. The highest BCUT2D eigenvalue weighted by atomic mass is 32.1. The van der Waals surface area contributed by atoms with Crippen molar-refractivity contribution in [3.63, 3.8) is 0 Å². The third-order valence-corrected chi connectivity index (χ3v) is 5.75. The average molecular weight is 441 g/mol. The Balaban J connectivity index is 1.57. The van der Waals surface area contributed by atoms with Crippen LogP contribution < -0.4 is 15.0 Å². The summed E-state index contributed by atoms with van der Waals surface area (Å²) in [5.41, 5.74) is 2.35. The Morgan fingerprint density at radius 1 is 1.23 bits per heavy atom.